The molecule has 172 valence electrons. The van der Waals surface area contributed by atoms with Crippen molar-refractivity contribution < 1.29 is 29.3 Å². The molecule has 0 aromatic heterocycles. The van der Waals surface area contributed by atoms with Crippen LogP contribution in [0.5, 0.6) is 5.75 Å². The van der Waals surface area contributed by atoms with Gasteiger partial charge in [-0.25, -0.2) is 0 Å². The van der Waals surface area contributed by atoms with E-state index in [0.717, 1.165) is 16.9 Å². The molecule has 0 unspecified atom stereocenters. The summed E-state index contributed by atoms with van der Waals surface area (Å²) in [7, 11) is 0. The van der Waals surface area contributed by atoms with Crippen molar-refractivity contribution in [3.63, 3.8) is 0 Å². The Hall–Kier alpha value is -3.81. The Labute approximate surface area is 191 Å². The Morgan fingerprint density at radius 2 is 1.76 bits per heavy atom. The third-order valence-corrected chi connectivity index (χ3v) is 5.80. The normalized spacial score (nSPS) is 18.2. The maximum Gasteiger partial charge on any atom is 0.322 e. The van der Waals surface area contributed by atoms with E-state index in [4.69, 9.17) is 9.84 Å². The Morgan fingerprint density at radius 3 is 2.39 bits per heavy atom. The van der Waals surface area contributed by atoms with E-state index < -0.39 is 35.9 Å². The zero-order chi connectivity index (χ0) is 23.4. The van der Waals surface area contributed by atoms with Crippen LogP contribution in [0.25, 0.3) is 0 Å². The second-order valence-electron chi connectivity index (χ2n) is 8.36. The lowest BCUT2D eigenvalue weighted by Gasteiger charge is -2.36. The third kappa shape index (κ3) is 5.52. The van der Waals surface area contributed by atoms with Crippen molar-refractivity contribution in [3.8, 4) is 5.75 Å². The number of aliphatic hydroxyl groups is 1. The van der Waals surface area contributed by atoms with Crippen LogP contribution in [0.15, 0.2) is 65.9 Å². The van der Waals surface area contributed by atoms with Crippen LogP contribution in [0.4, 0.5) is 0 Å². The summed E-state index contributed by atoms with van der Waals surface area (Å²) in [6, 6.07) is 16.3. The largest absolute Gasteiger partial charge is 0.511 e. The van der Waals surface area contributed by atoms with E-state index >= 15 is 0 Å². The van der Waals surface area contributed by atoms with Crippen LogP contribution in [0.1, 0.15) is 36.4 Å². The number of carboxylic acid groups (broad SMARTS) is 1. The first-order valence-corrected chi connectivity index (χ1v) is 10.9. The number of carbonyl (C=O) groups is 3. The van der Waals surface area contributed by atoms with E-state index in [1.807, 2.05) is 54.6 Å². The Bertz CT molecular complexity index is 1060. The van der Waals surface area contributed by atoms with Crippen molar-refractivity contribution >= 4 is 17.8 Å². The van der Waals surface area contributed by atoms with Gasteiger partial charge in [0.25, 0.3) is 11.8 Å². The molecule has 1 fully saturated rings. The van der Waals surface area contributed by atoms with Crippen molar-refractivity contribution in [1.29, 1.82) is 0 Å². The SMILES string of the molecule is O=C(O)CNC(=O)C1=C(O)C[C@H](c2ccccc2)N(Cc2ccc(OCC3CC3)cc2)C1=O. The van der Waals surface area contributed by atoms with Crippen molar-refractivity contribution in [1.82, 2.24) is 10.2 Å². The Morgan fingerprint density at radius 1 is 1.06 bits per heavy atom. The van der Waals surface area contributed by atoms with Gasteiger partial charge in [0.1, 0.15) is 23.6 Å². The second-order valence-corrected chi connectivity index (χ2v) is 8.36. The molecule has 2 aliphatic rings. The first-order valence-electron chi connectivity index (χ1n) is 10.9. The molecule has 4 rings (SSSR count). The van der Waals surface area contributed by atoms with Gasteiger partial charge in [-0.15, -0.1) is 0 Å². The quantitative estimate of drug-likeness (QED) is 0.506. The predicted molar refractivity (Wildman–Crippen MR) is 119 cm³/mol. The number of amides is 2. The van der Waals surface area contributed by atoms with Gasteiger partial charge in [-0.3, -0.25) is 14.4 Å². The topological polar surface area (TPSA) is 116 Å². The standard InChI is InChI=1S/C25H26N2O6/c28-21-12-20(18-4-2-1-3-5-18)27(25(32)23(21)24(31)26-13-22(29)30)14-16-8-10-19(11-9-16)33-15-17-6-7-17/h1-5,8-11,17,20,28H,6-7,12-15H2,(H,26,31)(H,29,30)/t20-/m1/s1. The van der Waals surface area contributed by atoms with Gasteiger partial charge in [-0.1, -0.05) is 42.5 Å². The van der Waals surface area contributed by atoms with Crippen molar-refractivity contribution in [2.24, 2.45) is 5.92 Å². The Balaban J connectivity index is 1.57. The average Bonchev–Trinajstić information content (AvgIpc) is 3.64. The van der Waals surface area contributed by atoms with E-state index in [-0.39, 0.29) is 18.7 Å². The molecular formula is C25H26N2O6. The number of benzene rings is 2. The molecule has 8 heteroatoms. The number of aliphatic carboxylic acids is 1. The van der Waals surface area contributed by atoms with Crippen LogP contribution in [0.3, 0.4) is 0 Å². The highest BCUT2D eigenvalue weighted by Gasteiger charge is 2.38. The number of nitrogens with zero attached hydrogens (tertiary/aromatic N) is 1. The maximum atomic E-state index is 13.3. The van der Waals surface area contributed by atoms with Crippen LogP contribution >= 0.6 is 0 Å². The Kier molecular flexibility index (Phi) is 6.63. The molecule has 1 atom stereocenters. The first-order chi connectivity index (χ1) is 15.9. The van der Waals surface area contributed by atoms with Crippen LogP contribution in [0, 0.1) is 5.92 Å². The summed E-state index contributed by atoms with van der Waals surface area (Å²) < 4.78 is 5.77. The van der Waals surface area contributed by atoms with Crippen LogP contribution in [-0.4, -0.2) is 46.0 Å². The van der Waals surface area contributed by atoms with Crippen molar-refractivity contribution in [3.05, 3.63) is 77.1 Å². The molecule has 0 saturated heterocycles. The average molecular weight is 450 g/mol. The number of hydrogen-bond donors (Lipinski definition) is 3. The van der Waals surface area contributed by atoms with Crippen LogP contribution in [0.2, 0.25) is 0 Å². The molecule has 8 nitrogen and oxygen atoms in total. The second kappa shape index (κ2) is 9.77. The van der Waals surface area contributed by atoms with Gasteiger partial charge in [0.05, 0.1) is 12.6 Å². The number of aliphatic hydroxyl groups excluding tert-OH is 1. The molecule has 1 saturated carbocycles. The number of carbonyl (C=O) groups excluding carboxylic acids is 2. The molecule has 2 aromatic carbocycles. The van der Waals surface area contributed by atoms with Gasteiger partial charge >= 0.3 is 5.97 Å². The van der Waals surface area contributed by atoms with Gasteiger partial charge in [0, 0.05) is 13.0 Å². The zero-order valence-corrected chi connectivity index (χ0v) is 18.1. The van der Waals surface area contributed by atoms with E-state index in [1.54, 1.807) is 0 Å². The highest BCUT2D eigenvalue weighted by molar-refractivity contribution is 6.19. The summed E-state index contributed by atoms with van der Waals surface area (Å²) in [5.41, 5.74) is 1.24. The predicted octanol–water partition coefficient (Wildman–Crippen LogP) is 2.96. The molecule has 1 aliphatic heterocycles. The summed E-state index contributed by atoms with van der Waals surface area (Å²) in [5, 5.41) is 21.5. The summed E-state index contributed by atoms with van der Waals surface area (Å²) >= 11 is 0. The highest BCUT2D eigenvalue weighted by atomic mass is 16.5. The monoisotopic (exact) mass is 450 g/mol. The number of ether oxygens (including phenoxy) is 1. The molecule has 2 aromatic rings. The lowest BCUT2D eigenvalue weighted by molar-refractivity contribution is -0.139. The summed E-state index contributed by atoms with van der Waals surface area (Å²) in [5.74, 6) is -1.73. The minimum absolute atomic E-state index is 0.0498. The van der Waals surface area contributed by atoms with E-state index in [2.05, 4.69) is 5.32 Å². The number of nitrogens with one attached hydrogen (secondary N) is 1. The molecular weight excluding hydrogens is 424 g/mol. The molecule has 3 N–H and O–H groups in total. The molecule has 0 bridgehead atoms. The van der Waals surface area contributed by atoms with Crippen molar-refractivity contribution in [2.75, 3.05) is 13.2 Å². The van der Waals surface area contributed by atoms with Crippen molar-refractivity contribution in [2.45, 2.75) is 31.8 Å². The molecule has 0 spiro atoms. The molecule has 1 heterocycles. The minimum Gasteiger partial charge on any atom is -0.511 e. The fourth-order valence-corrected chi connectivity index (χ4v) is 3.82. The van der Waals surface area contributed by atoms with Gasteiger partial charge in [0.15, 0.2) is 0 Å². The molecule has 2 amide bonds. The molecule has 0 radical (unpaired) electrons. The first kappa shape index (κ1) is 22.4. The van der Waals surface area contributed by atoms with E-state index in [9.17, 15) is 19.5 Å². The lowest BCUT2D eigenvalue weighted by Crippen LogP contribution is -2.44. The summed E-state index contributed by atoms with van der Waals surface area (Å²) in [6.45, 7) is 0.274. The smallest absolute Gasteiger partial charge is 0.322 e. The molecule has 33 heavy (non-hydrogen) atoms. The third-order valence-electron chi connectivity index (χ3n) is 5.80. The fraction of sp³-hybridized carbons (Fsp3) is 0.320. The van der Waals surface area contributed by atoms with Gasteiger partial charge in [-0.05, 0) is 42.0 Å². The van der Waals surface area contributed by atoms with E-state index in [0.29, 0.717) is 12.5 Å². The van der Waals surface area contributed by atoms with Gasteiger partial charge in [0.2, 0.25) is 0 Å². The number of hydrogen-bond acceptors (Lipinski definition) is 5. The van der Waals surface area contributed by atoms with E-state index in [1.165, 1.54) is 17.7 Å². The van der Waals surface area contributed by atoms with Gasteiger partial charge < -0.3 is 25.2 Å². The fourth-order valence-electron chi connectivity index (χ4n) is 3.82. The minimum atomic E-state index is -1.24. The maximum absolute atomic E-state index is 13.3. The van der Waals surface area contributed by atoms with Crippen LogP contribution < -0.4 is 10.1 Å². The van der Waals surface area contributed by atoms with Gasteiger partial charge in [-0.2, -0.15) is 0 Å². The summed E-state index contributed by atoms with van der Waals surface area (Å²) in [6.07, 6.45) is 2.46. The zero-order valence-electron chi connectivity index (χ0n) is 18.1. The summed E-state index contributed by atoms with van der Waals surface area (Å²) in [4.78, 5) is 38.2. The number of carboxylic acids is 1. The lowest BCUT2D eigenvalue weighted by atomic mass is 9.93. The van der Waals surface area contributed by atoms with Crippen LogP contribution in [-0.2, 0) is 20.9 Å². The highest BCUT2D eigenvalue weighted by Crippen LogP contribution is 2.35. The number of rotatable bonds is 9. The molecule has 1 aliphatic carbocycles.